The molecule has 1 aromatic rings. The predicted octanol–water partition coefficient (Wildman–Crippen LogP) is 2.60. The number of rotatable bonds is 8. The highest BCUT2D eigenvalue weighted by atomic mass is 32.2. The minimum absolute atomic E-state index is 0.0899. The van der Waals surface area contributed by atoms with E-state index in [9.17, 15) is 13.5 Å². The van der Waals surface area contributed by atoms with Crippen LogP contribution in [0.25, 0.3) is 0 Å². The second-order valence-corrected chi connectivity index (χ2v) is 8.04. The molecule has 0 spiro atoms. The molecule has 0 amide bonds. The molecular formula is C17H24N2O3S. The van der Waals surface area contributed by atoms with E-state index in [1.165, 1.54) is 0 Å². The van der Waals surface area contributed by atoms with Gasteiger partial charge in [0.05, 0.1) is 17.9 Å². The van der Waals surface area contributed by atoms with Gasteiger partial charge in [0, 0.05) is 19.0 Å². The van der Waals surface area contributed by atoms with Crippen LogP contribution >= 0.6 is 0 Å². The van der Waals surface area contributed by atoms with Crippen molar-refractivity contribution in [3.63, 3.8) is 0 Å². The quantitative estimate of drug-likeness (QED) is 0.740. The molecule has 1 fully saturated rings. The van der Waals surface area contributed by atoms with E-state index in [0.29, 0.717) is 32.2 Å². The van der Waals surface area contributed by atoms with Crippen LogP contribution in [0.1, 0.15) is 50.2 Å². The first-order valence-corrected chi connectivity index (χ1v) is 9.75. The number of nitrogens with zero attached hydrogens (tertiary/aromatic N) is 2. The molecule has 0 aliphatic carbocycles. The average Bonchev–Trinajstić information content (AvgIpc) is 3.01. The summed E-state index contributed by atoms with van der Waals surface area (Å²) >= 11 is 0. The Hall–Kier alpha value is -1.42. The first-order chi connectivity index (χ1) is 11.0. The van der Waals surface area contributed by atoms with E-state index in [1.807, 2.05) is 36.4 Å². The monoisotopic (exact) mass is 336 g/mol. The van der Waals surface area contributed by atoms with Gasteiger partial charge in [0.15, 0.2) is 0 Å². The van der Waals surface area contributed by atoms with E-state index in [4.69, 9.17) is 5.26 Å². The van der Waals surface area contributed by atoms with E-state index < -0.39 is 16.1 Å². The summed E-state index contributed by atoms with van der Waals surface area (Å²) in [5.74, 6) is 0.0899. The number of aliphatic hydroxyl groups is 1. The molecule has 23 heavy (non-hydrogen) atoms. The fourth-order valence-corrected chi connectivity index (χ4v) is 4.94. The Morgan fingerprint density at radius 1 is 1.30 bits per heavy atom. The summed E-state index contributed by atoms with van der Waals surface area (Å²) in [5, 5.41) is 18.9. The Labute approximate surface area is 138 Å². The first-order valence-electron chi connectivity index (χ1n) is 8.14. The Balaban J connectivity index is 1.95. The molecule has 2 atom stereocenters. The Bertz CT molecular complexity index is 625. The molecule has 0 bridgehead atoms. The van der Waals surface area contributed by atoms with E-state index in [-0.39, 0.29) is 11.8 Å². The van der Waals surface area contributed by atoms with Gasteiger partial charge in [0.1, 0.15) is 0 Å². The zero-order valence-electron chi connectivity index (χ0n) is 13.3. The molecule has 2 rings (SSSR count). The normalized spacial score (nSPS) is 20.3. The van der Waals surface area contributed by atoms with Crippen LogP contribution in [0.4, 0.5) is 0 Å². The summed E-state index contributed by atoms with van der Waals surface area (Å²) in [6, 6.07) is 11.3. The zero-order chi connectivity index (χ0) is 16.7. The predicted molar refractivity (Wildman–Crippen MR) is 89.0 cm³/mol. The molecule has 1 aromatic carbocycles. The van der Waals surface area contributed by atoms with Crippen molar-refractivity contribution in [3.05, 3.63) is 35.9 Å². The molecule has 0 radical (unpaired) electrons. The molecule has 126 valence electrons. The van der Waals surface area contributed by atoms with Crippen molar-refractivity contribution in [2.24, 2.45) is 0 Å². The lowest BCUT2D eigenvalue weighted by molar-refractivity contribution is 0.142. The topological polar surface area (TPSA) is 81.4 Å². The third-order valence-corrected chi connectivity index (χ3v) is 6.30. The molecule has 1 N–H and O–H groups in total. The third-order valence-electron chi connectivity index (χ3n) is 4.30. The van der Waals surface area contributed by atoms with Crippen molar-refractivity contribution in [2.45, 2.75) is 50.7 Å². The highest BCUT2D eigenvalue weighted by molar-refractivity contribution is 7.89. The highest BCUT2D eigenvalue weighted by Gasteiger charge is 2.34. The molecule has 2 unspecified atom stereocenters. The van der Waals surface area contributed by atoms with Crippen LogP contribution in [0.3, 0.4) is 0 Å². The minimum Gasteiger partial charge on any atom is -0.388 e. The van der Waals surface area contributed by atoms with Crippen LogP contribution < -0.4 is 0 Å². The Morgan fingerprint density at radius 3 is 2.74 bits per heavy atom. The van der Waals surface area contributed by atoms with Crippen LogP contribution in [0, 0.1) is 11.3 Å². The van der Waals surface area contributed by atoms with Crippen molar-refractivity contribution in [1.29, 1.82) is 5.26 Å². The lowest BCUT2D eigenvalue weighted by atomic mass is 10.0. The molecule has 0 saturated carbocycles. The number of hydrogen-bond acceptors (Lipinski definition) is 4. The average molecular weight is 336 g/mol. The van der Waals surface area contributed by atoms with Crippen LogP contribution in [0.2, 0.25) is 0 Å². The van der Waals surface area contributed by atoms with Crippen molar-refractivity contribution in [3.8, 4) is 6.07 Å². The molecule has 1 aliphatic heterocycles. The number of aliphatic hydroxyl groups excluding tert-OH is 1. The van der Waals surface area contributed by atoms with Gasteiger partial charge in [-0.15, -0.1) is 0 Å². The van der Waals surface area contributed by atoms with Gasteiger partial charge in [-0.05, 0) is 37.7 Å². The lowest BCUT2D eigenvalue weighted by Gasteiger charge is -2.26. The standard InChI is InChI=1S/C17H24N2O3S/c18-11-5-2-6-13-23(21,22)19-12-7-10-16(19)14-17(20)15-8-3-1-4-9-15/h1,3-4,8-9,16-17,20H,2,5-7,10,12-14H2. The van der Waals surface area contributed by atoms with Gasteiger partial charge in [-0.3, -0.25) is 0 Å². The van der Waals surface area contributed by atoms with E-state index in [0.717, 1.165) is 18.4 Å². The molecule has 0 aromatic heterocycles. The minimum atomic E-state index is -3.30. The van der Waals surface area contributed by atoms with Crippen LogP contribution in [0.15, 0.2) is 30.3 Å². The Kier molecular flexibility index (Phi) is 6.58. The van der Waals surface area contributed by atoms with Crippen molar-refractivity contribution < 1.29 is 13.5 Å². The van der Waals surface area contributed by atoms with E-state index in [2.05, 4.69) is 0 Å². The maximum Gasteiger partial charge on any atom is 0.214 e. The lowest BCUT2D eigenvalue weighted by Crippen LogP contribution is -2.38. The number of benzene rings is 1. The Morgan fingerprint density at radius 2 is 2.04 bits per heavy atom. The first kappa shape index (κ1) is 17.9. The summed E-state index contributed by atoms with van der Waals surface area (Å²) in [6.45, 7) is 0.534. The molecule has 1 aliphatic rings. The summed E-state index contributed by atoms with van der Waals surface area (Å²) in [7, 11) is -3.30. The number of unbranched alkanes of at least 4 members (excludes halogenated alkanes) is 2. The van der Waals surface area contributed by atoms with Gasteiger partial charge in [-0.2, -0.15) is 9.57 Å². The molecule has 1 saturated heterocycles. The summed E-state index contributed by atoms with van der Waals surface area (Å²) in [6.07, 6.45) is 2.94. The van der Waals surface area contributed by atoms with Gasteiger partial charge in [-0.25, -0.2) is 8.42 Å². The summed E-state index contributed by atoms with van der Waals surface area (Å²) < 4.78 is 26.5. The van der Waals surface area contributed by atoms with E-state index >= 15 is 0 Å². The van der Waals surface area contributed by atoms with Gasteiger partial charge >= 0.3 is 0 Å². The fraction of sp³-hybridized carbons (Fsp3) is 0.588. The summed E-state index contributed by atoms with van der Waals surface area (Å²) in [4.78, 5) is 0. The second-order valence-electron chi connectivity index (χ2n) is 6.00. The maximum atomic E-state index is 12.5. The number of sulfonamides is 1. The number of hydrogen-bond donors (Lipinski definition) is 1. The van der Waals surface area contributed by atoms with Gasteiger partial charge in [-0.1, -0.05) is 30.3 Å². The zero-order valence-corrected chi connectivity index (χ0v) is 14.1. The molecule has 5 nitrogen and oxygen atoms in total. The molecule has 1 heterocycles. The molecular weight excluding hydrogens is 312 g/mol. The van der Waals surface area contributed by atoms with Gasteiger partial charge in [0.25, 0.3) is 0 Å². The van der Waals surface area contributed by atoms with Crippen molar-refractivity contribution >= 4 is 10.0 Å². The largest absolute Gasteiger partial charge is 0.388 e. The smallest absolute Gasteiger partial charge is 0.214 e. The second kappa shape index (κ2) is 8.44. The van der Waals surface area contributed by atoms with Crippen molar-refractivity contribution in [1.82, 2.24) is 4.31 Å². The van der Waals surface area contributed by atoms with Crippen LogP contribution in [-0.4, -0.2) is 36.2 Å². The SMILES string of the molecule is N#CCCCCS(=O)(=O)N1CCCC1CC(O)c1ccccc1. The van der Waals surface area contributed by atoms with Gasteiger partial charge in [0.2, 0.25) is 10.0 Å². The van der Waals surface area contributed by atoms with E-state index in [1.54, 1.807) is 4.31 Å². The van der Waals surface area contributed by atoms with Crippen LogP contribution in [0.5, 0.6) is 0 Å². The van der Waals surface area contributed by atoms with Crippen LogP contribution in [-0.2, 0) is 10.0 Å². The number of nitriles is 1. The highest BCUT2D eigenvalue weighted by Crippen LogP contribution is 2.29. The molecule has 6 heteroatoms. The fourth-order valence-electron chi connectivity index (χ4n) is 3.09. The maximum absolute atomic E-state index is 12.5. The van der Waals surface area contributed by atoms with Gasteiger partial charge < -0.3 is 5.11 Å². The summed E-state index contributed by atoms with van der Waals surface area (Å²) in [5.41, 5.74) is 0.825. The third kappa shape index (κ3) is 5.03. The van der Waals surface area contributed by atoms with Crippen molar-refractivity contribution in [2.75, 3.05) is 12.3 Å².